The van der Waals surface area contributed by atoms with Crippen molar-refractivity contribution in [3.8, 4) is 11.3 Å². The Labute approximate surface area is 119 Å². The van der Waals surface area contributed by atoms with Crippen molar-refractivity contribution in [1.82, 2.24) is 15.2 Å². The maximum absolute atomic E-state index is 5.89. The van der Waals surface area contributed by atoms with E-state index in [4.69, 9.17) is 4.42 Å². The van der Waals surface area contributed by atoms with Crippen LogP contribution in [0.5, 0.6) is 0 Å². The predicted octanol–water partition coefficient (Wildman–Crippen LogP) is 2.44. The molecule has 20 heavy (non-hydrogen) atoms. The van der Waals surface area contributed by atoms with E-state index < -0.39 is 0 Å². The van der Waals surface area contributed by atoms with Crippen LogP contribution in [0.3, 0.4) is 0 Å². The summed E-state index contributed by atoms with van der Waals surface area (Å²) in [5.74, 6) is 1.65. The minimum Gasteiger partial charge on any atom is -0.439 e. The number of benzene rings is 1. The fourth-order valence-electron chi connectivity index (χ4n) is 2.53. The van der Waals surface area contributed by atoms with E-state index in [1.165, 1.54) is 5.56 Å². The summed E-state index contributed by atoms with van der Waals surface area (Å²) in [5.41, 5.74) is 2.34. The third kappa shape index (κ3) is 2.92. The van der Waals surface area contributed by atoms with Crippen molar-refractivity contribution in [3.63, 3.8) is 0 Å². The van der Waals surface area contributed by atoms with Gasteiger partial charge in [-0.3, -0.25) is 4.90 Å². The number of hydrogen-bond acceptors (Lipinski definition) is 4. The summed E-state index contributed by atoms with van der Waals surface area (Å²) in [7, 11) is 0. The van der Waals surface area contributed by atoms with Gasteiger partial charge in [-0.2, -0.15) is 0 Å². The third-order valence-corrected chi connectivity index (χ3v) is 3.87. The zero-order valence-electron chi connectivity index (χ0n) is 12.1. The number of nitrogens with zero attached hydrogens (tertiary/aromatic N) is 2. The topological polar surface area (TPSA) is 41.3 Å². The largest absolute Gasteiger partial charge is 0.439 e. The third-order valence-electron chi connectivity index (χ3n) is 3.87. The van der Waals surface area contributed by atoms with Gasteiger partial charge in [-0.05, 0) is 13.8 Å². The molecule has 3 rings (SSSR count). The molecule has 1 N–H and O–H groups in total. The molecule has 2 aromatic rings. The van der Waals surface area contributed by atoms with Gasteiger partial charge in [0.1, 0.15) is 0 Å². The van der Waals surface area contributed by atoms with Gasteiger partial charge in [0.05, 0.1) is 12.7 Å². The Hall–Kier alpha value is -1.65. The molecule has 0 spiro atoms. The lowest BCUT2D eigenvalue weighted by Crippen LogP contribution is -2.49. The average molecular weight is 271 g/mol. The number of aryl methyl sites for hydroxylation is 1. The molecule has 1 aliphatic rings. The molecule has 0 aliphatic carbocycles. The lowest BCUT2D eigenvalue weighted by molar-refractivity contribution is 0.151. The van der Waals surface area contributed by atoms with E-state index in [9.17, 15) is 0 Å². The highest BCUT2D eigenvalue weighted by molar-refractivity contribution is 5.56. The van der Waals surface area contributed by atoms with Crippen molar-refractivity contribution in [2.24, 2.45) is 0 Å². The zero-order chi connectivity index (χ0) is 13.9. The van der Waals surface area contributed by atoms with E-state index in [0.717, 1.165) is 43.4 Å². The summed E-state index contributed by atoms with van der Waals surface area (Å²) < 4.78 is 5.89. The molecule has 1 aromatic carbocycles. The highest BCUT2D eigenvalue weighted by Gasteiger charge is 2.19. The highest BCUT2D eigenvalue weighted by atomic mass is 16.4. The van der Waals surface area contributed by atoms with Gasteiger partial charge in [-0.1, -0.05) is 29.8 Å². The Morgan fingerprint density at radius 2 is 2.15 bits per heavy atom. The summed E-state index contributed by atoms with van der Waals surface area (Å²) in [6.07, 6.45) is 1.83. The molecule has 1 atom stereocenters. The smallest absolute Gasteiger partial charge is 0.209 e. The molecule has 0 amide bonds. The molecule has 0 radical (unpaired) electrons. The predicted molar refractivity (Wildman–Crippen MR) is 79.4 cm³/mol. The maximum Gasteiger partial charge on any atom is 0.209 e. The van der Waals surface area contributed by atoms with Crippen LogP contribution in [-0.2, 0) is 6.54 Å². The van der Waals surface area contributed by atoms with Gasteiger partial charge in [0.2, 0.25) is 5.89 Å². The van der Waals surface area contributed by atoms with Gasteiger partial charge < -0.3 is 9.73 Å². The zero-order valence-corrected chi connectivity index (χ0v) is 12.1. The van der Waals surface area contributed by atoms with Crippen LogP contribution < -0.4 is 5.32 Å². The minimum atomic E-state index is 0.526. The van der Waals surface area contributed by atoms with E-state index in [0.29, 0.717) is 6.04 Å². The highest BCUT2D eigenvalue weighted by Crippen LogP contribution is 2.21. The van der Waals surface area contributed by atoms with Crippen molar-refractivity contribution in [2.45, 2.75) is 26.4 Å². The van der Waals surface area contributed by atoms with Gasteiger partial charge >= 0.3 is 0 Å². The molecule has 0 saturated carbocycles. The van der Waals surface area contributed by atoms with Gasteiger partial charge in [0.15, 0.2) is 5.76 Å². The van der Waals surface area contributed by atoms with Gasteiger partial charge in [-0.15, -0.1) is 0 Å². The molecule has 4 heteroatoms. The van der Waals surface area contributed by atoms with Gasteiger partial charge in [0.25, 0.3) is 0 Å². The first-order valence-electron chi connectivity index (χ1n) is 7.19. The molecule has 1 aromatic heterocycles. The van der Waals surface area contributed by atoms with E-state index in [2.05, 4.69) is 53.3 Å². The second kappa shape index (κ2) is 5.77. The molecular weight excluding hydrogens is 250 g/mol. The van der Waals surface area contributed by atoms with Crippen LogP contribution in [0.15, 0.2) is 34.9 Å². The summed E-state index contributed by atoms with van der Waals surface area (Å²) in [4.78, 5) is 6.82. The number of nitrogens with one attached hydrogen (secondary N) is 1. The Balaban J connectivity index is 1.71. The summed E-state index contributed by atoms with van der Waals surface area (Å²) in [6, 6.07) is 8.87. The van der Waals surface area contributed by atoms with Crippen LogP contribution in [0.4, 0.5) is 0 Å². The first kappa shape index (κ1) is 13.3. The van der Waals surface area contributed by atoms with Crippen molar-refractivity contribution in [2.75, 3.05) is 19.6 Å². The van der Waals surface area contributed by atoms with Crippen LogP contribution in [-0.4, -0.2) is 35.6 Å². The molecular formula is C16H21N3O. The van der Waals surface area contributed by atoms with Crippen LogP contribution in [0.25, 0.3) is 11.3 Å². The summed E-state index contributed by atoms with van der Waals surface area (Å²) >= 11 is 0. The summed E-state index contributed by atoms with van der Waals surface area (Å²) in [6.45, 7) is 8.22. The second-order valence-electron chi connectivity index (χ2n) is 5.51. The lowest BCUT2D eigenvalue weighted by atomic mass is 10.1. The fourth-order valence-corrected chi connectivity index (χ4v) is 2.53. The lowest BCUT2D eigenvalue weighted by Gasteiger charge is -2.32. The van der Waals surface area contributed by atoms with E-state index in [1.54, 1.807) is 0 Å². The van der Waals surface area contributed by atoms with E-state index in [1.807, 2.05) is 6.20 Å². The molecule has 0 unspecified atom stereocenters. The fraction of sp³-hybridized carbons (Fsp3) is 0.438. The van der Waals surface area contributed by atoms with Crippen molar-refractivity contribution in [3.05, 3.63) is 41.9 Å². The van der Waals surface area contributed by atoms with Crippen LogP contribution >= 0.6 is 0 Å². The first-order valence-corrected chi connectivity index (χ1v) is 7.19. The van der Waals surface area contributed by atoms with Crippen molar-refractivity contribution >= 4 is 0 Å². The molecule has 106 valence electrons. The van der Waals surface area contributed by atoms with Gasteiger partial charge in [-0.25, -0.2) is 4.98 Å². The molecule has 1 aliphatic heterocycles. The van der Waals surface area contributed by atoms with Crippen molar-refractivity contribution in [1.29, 1.82) is 0 Å². The Kier molecular flexibility index (Phi) is 3.85. The SMILES string of the molecule is Cc1ccc(-c2cnc(CN3CCNC[C@@H]3C)o2)cc1. The van der Waals surface area contributed by atoms with Crippen LogP contribution in [0.2, 0.25) is 0 Å². The summed E-state index contributed by atoms with van der Waals surface area (Å²) in [5, 5.41) is 3.39. The normalized spacial score (nSPS) is 20.2. The van der Waals surface area contributed by atoms with Crippen molar-refractivity contribution < 1.29 is 4.42 Å². The molecule has 1 saturated heterocycles. The number of oxazole rings is 1. The standard InChI is InChI=1S/C16H21N3O/c1-12-3-5-14(6-4-12)15-10-18-16(20-15)11-19-8-7-17-9-13(19)2/h3-6,10,13,17H,7-9,11H2,1-2H3/t13-/m0/s1. The monoisotopic (exact) mass is 271 g/mol. The first-order chi connectivity index (χ1) is 9.72. The molecule has 1 fully saturated rings. The quantitative estimate of drug-likeness (QED) is 0.931. The Morgan fingerprint density at radius 1 is 1.35 bits per heavy atom. The molecule has 2 heterocycles. The number of rotatable bonds is 3. The molecule has 4 nitrogen and oxygen atoms in total. The van der Waals surface area contributed by atoms with E-state index >= 15 is 0 Å². The Bertz CT molecular complexity index is 561. The number of aromatic nitrogens is 1. The van der Waals surface area contributed by atoms with E-state index in [-0.39, 0.29) is 0 Å². The van der Waals surface area contributed by atoms with Gasteiger partial charge in [0, 0.05) is 31.2 Å². The maximum atomic E-state index is 5.89. The number of hydrogen-bond donors (Lipinski definition) is 1. The average Bonchev–Trinajstić information content (AvgIpc) is 2.91. The Morgan fingerprint density at radius 3 is 2.90 bits per heavy atom. The van der Waals surface area contributed by atoms with Crippen LogP contribution in [0.1, 0.15) is 18.4 Å². The van der Waals surface area contributed by atoms with Crippen LogP contribution in [0, 0.1) is 6.92 Å². The molecule has 0 bridgehead atoms. The minimum absolute atomic E-state index is 0.526. The second-order valence-corrected chi connectivity index (χ2v) is 5.51. The number of piperazine rings is 1.